The summed E-state index contributed by atoms with van der Waals surface area (Å²) >= 11 is 0. The zero-order chi connectivity index (χ0) is 14.9. The van der Waals surface area contributed by atoms with Crippen molar-refractivity contribution in [2.24, 2.45) is 0 Å². The number of aromatic carboxylic acids is 1. The zero-order valence-corrected chi connectivity index (χ0v) is 11.8. The Bertz CT molecular complexity index is 544. The minimum absolute atomic E-state index is 0.00506. The van der Waals surface area contributed by atoms with Gasteiger partial charge in [-0.3, -0.25) is 4.79 Å². The van der Waals surface area contributed by atoms with Crippen molar-refractivity contribution in [1.29, 1.82) is 0 Å². The number of aryl methyl sites for hydroxylation is 1. The Kier molecular flexibility index (Phi) is 4.04. The minimum atomic E-state index is -1.04. The van der Waals surface area contributed by atoms with E-state index in [1.54, 1.807) is 11.8 Å². The van der Waals surface area contributed by atoms with E-state index in [1.165, 1.54) is 12.1 Å². The number of carbonyl (C=O) groups excluding carboxylic acids is 1. The number of pyridine rings is 1. The van der Waals surface area contributed by atoms with Crippen molar-refractivity contribution < 1.29 is 19.4 Å². The summed E-state index contributed by atoms with van der Waals surface area (Å²) in [5, 5.41) is 8.97. The minimum Gasteiger partial charge on any atom is -0.478 e. The lowest BCUT2D eigenvalue weighted by Crippen LogP contribution is -2.50. The van der Waals surface area contributed by atoms with Crippen LogP contribution in [0.2, 0.25) is 0 Å². The number of carboxylic acid groups (broad SMARTS) is 1. The van der Waals surface area contributed by atoms with Gasteiger partial charge in [-0.1, -0.05) is 0 Å². The molecule has 1 amide bonds. The number of carbonyl (C=O) groups is 2. The fourth-order valence-corrected chi connectivity index (χ4v) is 2.24. The van der Waals surface area contributed by atoms with Gasteiger partial charge in [0.2, 0.25) is 0 Å². The zero-order valence-electron chi connectivity index (χ0n) is 11.8. The summed E-state index contributed by atoms with van der Waals surface area (Å²) in [6.07, 6.45) is -0.00506. The first-order valence-electron chi connectivity index (χ1n) is 6.53. The third-order valence-electron chi connectivity index (χ3n) is 3.40. The van der Waals surface area contributed by atoms with Crippen LogP contribution in [-0.2, 0) is 4.74 Å². The standard InChI is InChI=1S/C14H18N2O4/c1-8-7-20-9(2)6-16(8)13(17)12-5-4-11(14(18)19)10(3)15-12/h4-5,8-9H,6-7H2,1-3H3,(H,18,19). The molecule has 1 aromatic heterocycles. The first-order chi connectivity index (χ1) is 9.40. The molecule has 2 heterocycles. The molecule has 2 unspecified atom stereocenters. The van der Waals surface area contributed by atoms with Crippen molar-refractivity contribution in [3.8, 4) is 0 Å². The van der Waals surface area contributed by atoms with Crippen LogP contribution in [0.4, 0.5) is 0 Å². The van der Waals surface area contributed by atoms with E-state index in [9.17, 15) is 9.59 Å². The maximum atomic E-state index is 12.4. The lowest BCUT2D eigenvalue weighted by molar-refractivity contribution is -0.0389. The van der Waals surface area contributed by atoms with Crippen molar-refractivity contribution >= 4 is 11.9 Å². The van der Waals surface area contributed by atoms with Gasteiger partial charge in [0.05, 0.1) is 30.0 Å². The third-order valence-corrected chi connectivity index (χ3v) is 3.40. The van der Waals surface area contributed by atoms with Gasteiger partial charge in [-0.15, -0.1) is 0 Å². The lowest BCUT2D eigenvalue weighted by Gasteiger charge is -2.36. The van der Waals surface area contributed by atoms with E-state index < -0.39 is 5.97 Å². The van der Waals surface area contributed by atoms with E-state index in [1.807, 2.05) is 13.8 Å². The highest BCUT2D eigenvalue weighted by Gasteiger charge is 2.29. The molecular formula is C14H18N2O4. The molecule has 0 saturated carbocycles. The highest BCUT2D eigenvalue weighted by atomic mass is 16.5. The quantitative estimate of drug-likeness (QED) is 0.883. The van der Waals surface area contributed by atoms with Crippen LogP contribution in [0.5, 0.6) is 0 Å². The lowest BCUT2D eigenvalue weighted by atomic mass is 10.1. The second kappa shape index (κ2) is 5.58. The van der Waals surface area contributed by atoms with Crippen molar-refractivity contribution in [2.45, 2.75) is 32.9 Å². The highest BCUT2D eigenvalue weighted by Crippen LogP contribution is 2.16. The number of hydrogen-bond donors (Lipinski definition) is 1. The second-order valence-corrected chi connectivity index (χ2v) is 5.09. The predicted molar refractivity (Wildman–Crippen MR) is 71.8 cm³/mol. The smallest absolute Gasteiger partial charge is 0.337 e. The van der Waals surface area contributed by atoms with Gasteiger partial charge in [-0.05, 0) is 32.9 Å². The molecule has 0 aliphatic carbocycles. The summed E-state index contributed by atoms with van der Waals surface area (Å²) < 4.78 is 5.49. The number of nitrogens with zero attached hydrogens (tertiary/aromatic N) is 2. The molecule has 0 aromatic carbocycles. The van der Waals surface area contributed by atoms with Crippen LogP contribution < -0.4 is 0 Å². The number of ether oxygens (including phenoxy) is 1. The first-order valence-corrected chi connectivity index (χ1v) is 6.53. The fraction of sp³-hybridized carbons (Fsp3) is 0.500. The maximum absolute atomic E-state index is 12.4. The molecule has 2 rings (SSSR count). The van der Waals surface area contributed by atoms with Crippen LogP contribution in [0.3, 0.4) is 0 Å². The Hall–Kier alpha value is -1.95. The number of carboxylic acids is 1. The van der Waals surface area contributed by atoms with E-state index in [0.717, 1.165) is 0 Å². The van der Waals surface area contributed by atoms with E-state index in [4.69, 9.17) is 9.84 Å². The predicted octanol–water partition coefficient (Wildman–Crippen LogP) is 1.34. The fourth-order valence-electron chi connectivity index (χ4n) is 2.24. The summed E-state index contributed by atoms with van der Waals surface area (Å²) in [4.78, 5) is 29.2. The SMILES string of the molecule is Cc1nc(C(=O)N2CC(C)OCC2C)ccc1C(=O)O. The monoisotopic (exact) mass is 278 g/mol. The summed E-state index contributed by atoms with van der Waals surface area (Å²) in [5.74, 6) is -1.23. The Labute approximate surface area is 117 Å². The summed E-state index contributed by atoms with van der Waals surface area (Å²) in [6.45, 7) is 6.44. The maximum Gasteiger partial charge on any atom is 0.337 e. The average molecular weight is 278 g/mol. The molecule has 6 heteroatoms. The van der Waals surface area contributed by atoms with Gasteiger partial charge in [0, 0.05) is 6.54 Å². The third kappa shape index (κ3) is 2.80. The van der Waals surface area contributed by atoms with Crippen LogP contribution >= 0.6 is 0 Å². The summed E-state index contributed by atoms with van der Waals surface area (Å²) in [5.41, 5.74) is 0.732. The molecule has 1 saturated heterocycles. The topological polar surface area (TPSA) is 79.7 Å². The number of aromatic nitrogens is 1. The first kappa shape index (κ1) is 14.5. The van der Waals surface area contributed by atoms with Crippen LogP contribution in [0.15, 0.2) is 12.1 Å². The Morgan fingerprint density at radius 1 is 1.40 bits per heavy atom. The molecule has 2 atom stereocenters. The highest BCUT2D eigenvalue weighted by molar-refractivity contribution is 5.94. The number of hydrogen-bond acceptors (Lipinski definition) is 4. The molecule has 0 radical (unpaired) electrons. The molecule has 1 aliphatic heterocycles. The molecule has 1 N–H and O–H groups in total. The van der Waals surface area contributed by atoms with Crippen LogP contribution in [0.25, 0.3) is 0 Å². The number of rotatable bonds is 2. The summed E-state index contributed by atoms with van der Waals surface area (Å²) in [6, 6.07) is 2.87. The number of morpholine rings is 1. The van der Waals surface area contributed by atoms with Crippen molar-refractivity contribution in [1.82, 2.24) is 9.88 Å². The van der Waals surface area contributed by atoms with Crippen LogP contribution in [0.1, 0.15) is 40.4 Å². The Morgan fingerprint density at radius 3 is 2.70 bits per heavy atom. The molecule has 1 aliphatic rings. The van der Waals surface area contributed by atoms with Gasteiger partial charge in [-0.2, -0.15) is 0 Å². The van der Waals surface area contributed by atoms with Gasteiger partial charge in [0.15, 0.2) is 0 Å². The van der Waals surface area contributed by atoms with E-state index >= 15 is 0 Å². The molecule has 20 heavy (non-hydrogen) atoms. The van der Waals surface area contributed by atoms with Crippen LogP contribution in [0, 0.1) is 6.92 Å². The molecule has 0 spiro atoms. The van der Waals surface area contributed by atoms with Gasteiger partial charge in [-0.25, -0.2) is 9.78 Å². The normalized spacial score (nSPS) is 22.6. The molecule has 1 fully saturated rings. The van der Waals surface area contributed by atoms with Crippen molar-refractivity contribution in [2.75, 3.05) is 13.2 Å². The van der Waals surface area contributed by atoms with Gasteiger partial charge in [0.1, 0.15) is 5.69 Å². The van der Waals surface area contributed by atoms with Crippen LogP contribution in [-0.4, -0.2) is 52.2 Å². The van der Waals surface area contributed by atoms with Gasteiger partial charge >= 0.3 is 5.97 Å². The molecule has 6 nitrogen and oxygen atoms in total. The molecule has 0 bridgehead atoms. The molecular weight excluding hydrogens is 260 g/mol. The number of amides is 1. The van der Waals surface area contributed by atoms with Crippen molar-refractivity contribution in [3.63, 3.8) is 0 Å². The molecule has 1 aromatic rings. The Balaban J connectivity index is 2.24. The Morgan fingerprint density at radius 2 is 2.10 bits per heavy atom. The van der Waals surface area contributed by atoms with Crippen molar-refractivity contribution in [3.05, 3.63) is 29.1 Å². The summed E-state index contributed by atoms with van der Waals surface area (Å²) in [7, 11) is 0. The van der Waals surface area contributed by atoms with Gasteiger partial charge < -0.3 is 14.7 Å². The van der Waals surface area contributed by atoms with E-state index in [2.05, 4.69) is 4.98 Å². The van der Waals surface area contributed by atoms with E-state index in [-0.39, 0.29) is 29.3 Å². The average Bonchev–Trinajstić information content (AvgIpc) is 2.40. The molecule has 108 valence electrons. The largest absolute Gasteiger partial charge is 0.478 e. The van der Waals surface area contributed by atoms with Gasteiger partial charge in [0.25, 0.3) is 5.91 Å². The second-order valence-electron chi connectivity index (χ2n) is 5.09. The van der Waals surface area contributed by atoms with E-state index in [0.29, 0.717) is 18.8 Å².